The lowest BCUT2D eigenvalue weighted by Gasteiger charge is -2.27. The fraction of sp³-hybridized carbons (Fsp3) is 0.459. The molecular weight excluding hydrogens is 535 g/mol. The maximum Gasteiger partial charge on any atom is 0.148 e. The summed E-state index contributed by atoms with van der Waals surface area (Å²) in [7, 11) is 1.84. The number of carbonyl (C=O) groups excluding carboxylic acids is 1. The molecule has 0 bridgehead atoms. The average Bonchev–Trinajstić information content (AvgIpc) is 3.00. The van der Waals surface area contributed by atoms with Crippen molar-refractivity contribution >= 4 is 23.4 Å². The molecule has 5 nitrogen and oxygen atoms in total. The molecular formula is C37H51FN4O. The molecule has 43 heavy (non-hydrogen) atoms. The molecule has 2 rings (SSSR count). The van der Waals surface area contributed by atoms with Crippen LogP contribution in [0.25, 0.3) is 5.70 Å². The van der Waals surface area contributed by atoms with E-state index in [0.29, 0.717) is 35.3 Å². The molecule has 0 radical (unpaired) electrons. The second-order valence-electron chi connectivity index (χ2n) is 11.7. The van der Waals surface area contributed by atoms with Crippen molar-refractivity contribution in [3.63, 3.8) is 0 Å². The van der Waals surface area contributed by atoms with E-state index in [9.17, 15) is 10.1 Å². The highest BCUT2D eigenvalue weighted by molar-refractivity contribution is 5.82. The summed E-state index contributed by atoms with van der Waals surface area (Å²) >= 11 is 0. The summed E-state index contributed by atoms with van der Waals surface area (Å²) in [4.78, 5) is 15.2. The molecule has 0 amide bonds. The highest BCUT2D eigenvalue weighted by Crippen LogP contribution is 2.32. The van der Waals surface area contributed by atoms with E-state index in [0.717, 1.165) is 72.9 Å². The van der Waals surface area contributed by atoms with Gasteiger partial charge in [-0.1, -0.05) is 59.1 Å². The third kappa shape index (κ3) is 10.7. The summed E-state index contributed by atoms with van der Waals surface area (Å²) in [6, 6.07) is 13.0. The predicted octanol–water partition coefficient (Wildman–Crippen LogP) is 8.93. The van der Waals surface area contributed by atoms with Gasteiger partial charge in [-0.3, -0.25) is 0 Å². The van der Waals surface area contributed by atoms with Gasteiger partial charge in [0.2, 0.25) is 0 Å². The summed E-state index contributed by atoms with van der Waals surface area (Å²) in [6.45, 7) is 13.6. The number of aldehydes is 1. The van der Waals surface area contributed by atoms with Crippen LogP contribution in [0.4, 0.5) is 15.8 Å². The molecule has 0 spiro atoms. The van der Waals surface area contributed by atoms with Gasteiger partial charge < -0.3 is 20.3 Å². The number of hydrogen-bond donors (Lipinski definition) is 1. The van der Waals surface area contributed by atoms with Crippen molar-refractivity contribution < 1.29 is 9.18 Å². The summed E-state index contributed by atoms with van der Waals surface area (Å²) in [5, 5.41) is 9.49. The van der Waals surface area contributed by atoms with Crippen LogP contribution in [-0.2, 0) is 4.79 Å². The molecule has 0 heterocycles. The largest absolute Gasteiger partial charge is 0.402 e. The number of carbonyl (C=O) groups is 1. The molecule has 0 saturated carbocycles. The molecule has 0 aromatic heterocycles. The van der Waals surface area contributed by atoms with Gasteiger partial charge in [0.05, 0.1) is 23.9 Å². The Balaban J connectivity index is 2.50. The van der Waals surface area contributed by atoms with E-state index in [1.807, 2.05) is 67.1 Å². The van der Waals surface area contributed by atoms with Crippen molar-refractivity contribution in [3.8, 4) is 6.07 Å². The first-order chi connectivity index (χ1) is 20.6. The molecule has 0 aliphatic carbocycles. The zero-order valence-corrected chi connectivity index (χ0v) is 27.3. The van der Waals surface area contributed by atoms with Crippen molar-refractivity contribution in [1.29, 1.82) is 5.26 Å². The van der Waals surface area contributed by atoms with Crippen molar-refractivity contribution in [3.05, 3.63) is 88.4 Å². The van der Waals surface area contributed by atoms with Crippen LogP contribution >= 0.6 is 0 Å². The van der Waals surface area contributed by atoms with Crippen LogP contribution in [0.5, 0.6) is 0 Å². The monoisotopic (exact) mass is 586 g/mol. The third-order valence-electron chi connectivity index (χ3n) is 8.39. The first-order valence-electron chi connectivity index (χ1n) is 15.6. The zero-order chi connectivity index (χ0) is 31.9. The number of allylic oxidation sites excluding steroid dienone is 5. The smallest absolute Gasteiger partial charge is 0.148 e. The van der Waals surface area contributed by atoms with Crippen LogP contribution in [0, 0.1) is 35.9 Å². The maximum atomic E-state index is 15.8. The first-order valence-corrected chi connectivity index (χ1v) is 15.6. The summed E-state index contributed by atoms with van der Waals surface area (Å²) < 4.78 is 15.8. The molecule has 6 heteroatoms. The van der Waals surface area contributed by atoms with Crippen LogP contribution in [0.3, 0.4) is 0 Å². The minimum absolute atomic E-state index is 0.219. The van der Waals surface area contributed by atoms with E-state index in [2.05, 4.69) is 33.8 Å². The summed E-state index contributed by atoms with van der Waals surface area (Å²) in [6.07, 6.45) is 13.0. The van der Waals surface area contributed by atoms with Crippen molar-refractivity contribution in [2.24, 2.45) is 17.6 Å². The Labute approximate surface area is 259 Å². The Hall–Kier alpha value is -3.85. The topological polar surface area (TPSA) is 73.4 Å². The maximum absolute atomic E-state index is 15.8. The standard InChI is InChI=1S/C37H51FN4O/c1-8-27(4)12-11-13-33(40)23-30(10-3)24-37(31-14-15-32(26-39)29(6)22-31)41(7)36-17-16-34(25-35(36)38)42(20-21-43)19-18-28(5)9-2/h10,14-17,21-25,27-28H,8-9,11-13,18-20,40H2,1-7H3/b30-10-,33-23+,37-24-. The quantitative estimate of drug-likeness (QED) is 0.148. The van der Waals surface area contributed by atoms with Gasteiger partial charge in [0.25, 0.3) is 0 Å². The summed E-state index contributed by atoms with van der Waals surface area (Å²) in [5.74, 6) is 0.829. The van der Waals surface area contributed by atoms with Crippen LogP contribution in [0.2, 0.25) is 0 Å². The van der Waals surface area contributed by atoms with Gasteiger partial charge in [0.15, 0.2) is 0 Å². The van der Waals surface area contributed by atoms with Gasteiger partial charge >= 0.3 is 0 Å². The van der Waals surface area contributed by atoms with E-state index in [-0.39, 0.29) is 12.4 Å². The molecule has 0 fully saturated rings. The number of aryl methyl sites for hydroxylation is 1. The molecule has 2 aromatic carbocycles. The zero-order valence-electron chi connectivity index (χ0n) is 27.3. The average molecular weight is 587 g/mol. The number of hydrogen-bond acceptors (Lipinski definition) is 5. The molecule has 2 aromatic rings. The second-order valence-corrected chi connectivity index (χ2v) is 11.7. The van der Waals surface area contributed by atoms with Gasteiger partial charge in [-0.05, 0) is 104 Å². The Bertz CT molecular complexity index is 1340. The third-order valence-corrected chi connectivity index (χ3v) is 8.39. The van der Waals surface area contributed by atoms with E-state index in [4.69, 9.17) is 5.73 Å². The van der Waals surface area contributed by atoms with Crippen LogP contribution in [0.1, 0.15) is 89.8 Å². The SMILES string of the molecule is C/C=C(\C=C(\c1ccc(C#N)c(C)c1)N(C)c1ccc(N(CC=O)CCC(C)CC)cc1F)/C=C(/N)CCCC(C)CC. The number of halogens is 1. The molecule has 2 N–H and O–H groups in total. The first kappa shape index (κ1) is 35.3. The molecule has 0 saturated heterocycles. The van der Waals surface area contributed by atoms with Crippen molar-refractivity contribution in [1.82, 2.24) is 0 Å². The van der Waals surface area contributed by atoms with Gasteiger partial charge in [-0.2, -0.15) is 5.26 Å². The highest BCUT2D eigenvalue weighted by Gasteiger charge is 2.18. The molecule has 2 atom stereocenters. The highest BCUT2D eigenvalue weighted by atomic mass is 19.1. The number of nitriles is 1. The lowest BCUT2D eigenvalue weighted by molar-refractivity contribution is -0.106. The molecule has 2 unspecified atom stereocenters. The Morgan fingerprint density at radius 2 is 1.77 bits per heavy atom. The lowest BCUT2D eigenvalue weighted by atomic mass is 9.99. The van der Waals surface area contributed by atoms with Crippen LogP contribution in [0.15, 0.2) is 65.9 Å². The fourth-order valence-corrected chi connectivity index (χ4v) is 4.92. The van der Waals surface area contributed by atoms with E-state index < -0.39 is 0 Å². The van der Waals surface area contributed by atoms with E-state index in [1.54, 1.807) is 12.1 Å². The summed E-state index contributed by atoms with van der Waals surface area (Å²) in [5.41, 5.74) is 12.4. The van der Waals surface area contributed by atoms with Crippen LogP contribution in [-0.4, -0.2) is 26.4 Å². The lowest BCUT2D eigenvalue weighted by Crippen LogP contribution is -2.28. The molecule has 0 aliphatic rings. The van der Waals surface area contributed by atoms with Gasteiger partial charge in [-0.25, -0.2) is 4.39 Å². The molecule has 232 valence electrons. The van der Waals surface area contributed by atoms with Crippen molar-refractivity contribution in [2.75, 3.05) is 29.9 Å². The Morgan fingerprint density at radius 1 is 1.07 bits per heavy atom. The molecule has 0 aliphatic heterocycles. The fourth-order valence-electron chi connectivity index (χ4n) is 4.92. The number of nitrogens with zero attached hydrogens (tertiary/aromatic N) is 3. The number of rotatable bonds is 17. The van der Waals surface area contributed by atoms with Gasteiger partial charge in [-0.15, -0.1) is 0 Å². The van der Waals surface area contributed by atoms with E-state index >= 15 is 4.39 Å². The Kier molecular flexibility index (Phi) is 14.8. The number of nitrogens with two attached hydrogens (primary N) is 1. The van der Waals surface area contributed by atoms with Gasteiger partial charge in [0.1, 0.15) is 12.1 Å². The van der Waals surface area contributed by atoms with Crippen molar-refractivity contribution in [2.45, 2.75) is 80.1 Å². The Morgan fingerprint density at radius 3 is 2.35 bits per heavy atom. The minimum atomic E-state index is -0.377. The second kappa shape index (κ2) is 18.0. The van der Waals surface area contributed by atoms with E-state index in [1.165, 1.54) is 6.07 Å². The number of benzene rings is 2. The van der Waals surface area contributed by atoms with Crippen LogP contribution < -0.4 is 15.5 Å². The normalized spacial score (nSPS) is 13.8. The predicted molar refractivity (Wildman–Crippen MR) is 180 cm³/mol. The number of anilines is 2. The minimum Gasteiger partial charge on any atom is -0.402 e. The van der Waals surface area contributed by atoms with Gasteiger partial charge in [0, 0.05) is 30.7 Å².